The van der Waals surface area contributed by atoms with Crippen LogP contribution in [0.3, 0.4) is 0 Å². The molecule has 0 radical (unpaired) electrons. The Labute approximate surface area is 243 Å². The number of para-hydroxylation sites is 1. The van der Waals surface area contributed by atoms with E-state index >= 15 is 0 Å². The van der Waals surface area contributed by atoms with Gasteiger partial charge in [-0.3, -0.25) is 14.2 Å². The third kappa shape index (κ3) is 6.24. The van der Waals surface area contributed by atoms with Crippen LogP contribution in [-0.4, -0.2) is 38.9 Å². The van der Waals surface area contributed by atoms with E-state index < -0.39 is 0 Å². The van der Waals surface area contributed by atoms with E-state index in [-0.39, 0.29) is 29.5 Å². The summed E-state index contributed by atoms with van der Waals surface area (Å²) < 4.78 is 1.84. The van der Waals surface area contributed by atoms with Crippen LogP contribution in [0.4, 0.5) is 5.69 Å². The predicted molar refractivity (Wildman–Crippen MR) is 161 cm³/mol. The summed E-state index contributed by atoms with van der Waals surface area (Å²) in [5.41, 5.74) is 4.68. The van der Waals surface area contributed by atoms with Crippen LogP contribution in [0.15, 0.2) is 78.0 Å². The summed E-state index contributed by atoms with van der Waals surface area (Å²) in [5, 5.41) is 12.8. The van der Waals surface area contributed by atoms with Gasteiger partial charge in [0.1, 0.15) is 0 Å². The average Bonchev–Trinajstić information content (AvgIpc) is 3.36. The fourth-order valence-electron chi connectivity index (χ4n) is 4.76. The molecule has 3 aromatic carbocycles. The third-order valence-electron chi connectivity index (χ3n) is 6.92. The monoisotopic (exact) mass is 573 g/mol. The number of aryl methyl sites for hydroxylation is 1. The molecule has 1 aromatic heterocycles. The molecule has 0 saturated heterocycles. The van der Waals surface area contributed by atoms with Crippen molar-refractivity contribution in [2.24, 2.45) is 0 Å². The van der Waals surface area contributed by atoms with E-state index in [2.05, 4.69) is 42.4 Å². The maximum Gasteiger partial charge on any atom is 0.251 e. The van der Waals surface area contributed by atoms with E-state index in [0.29, 0.717) is 28.1 Å². The second-order valence-corrected chi connectivity index (χ2v) is 12.2. The maximum atomic E-state index is 13.3. The molecule has 0 fully saturated rings. The minimum absolute atomic E-state index is 0.00914. The van der Waals surface area contributed by atoms with E-state index in [0.717, 1.165) is 29.8 Å². The molecular weight excluding hydrogens is 542 g/mol. The van der Waals surface area contributed by atoms with Crippen LogP contribution in [0, 0.1) is 0 Å². The molecule has 40 heavy (non-hydrogen) atoms. The largest absolute Gasteiger partial charge is 0.345 e. The van der Waals surface area contributed by atoms with E-state index in [1.54, 1.807) is 6.07 Å². The van der Waals surface area contributed by atoms with Crippen molar-refractivity contribution in [3.8, 4) is 5.69 Å². The summed E-state index contributed by atoms with van der Waals surface area (Å²) in [6, 6.07) is 23.1. The number of anilines is 1. The van der Waals surface area contributed by atoms with Gasteiger partial charge in [0.2, 0.25) is 5.91 Å². The van der Waals surface area contributed by atoms with Crippen molar-refractivity contribution in [1.82, 2.24) is 20.1 Å². The highest BCUT2D eigenvalue weighted by atomic mass is 35.5. The lowest BCUT2D eigenvalue weighted by molar-refractivity contribution is -0.116. The summed E-state index contributed by atoms with van der Waals surface area (Å²) in [5.74, 6) is 0.570. The highest BCUT2D eigenvalue weighted by molar-refractivity contribution is 7.99. The molecule has 7 nitrogen and oxygen atoms in total. The van der Waals surface area contributed by atoms with Gasteiger partial charge in [-0.15, -0.1) is 10.2 Å². The van der Waals surface area contributed by atoms with Gasteiger partial charge in [0.05, 0.1) is 18.0 Å². The SMILES string of the molecule is CC(C)(C)c1ccc(C(=O)NCc2nnc(SCC(=O)N3CCCc4ccccc43)n2-c2cccc(Cl)c2)cc1. The number of aromatic nitrogens is 3. The molecule has 0 bridgehead atoms. The van der Waals surface area contributed by atoms with Crippen LogP contribution >= 0.6 is 23.4 Å². The van der Waals surface area contributed by atoms with Crippen molar-refractivity contribution < 1.29 is 9.59 Å². The van der Waals surface area contributed by atoms with Gasteiger partial charge in [0.15, 0.2) is 11.0 Å². The molecule has 0 saturated carbocycles. The predicted octanol–water partition coefficient (Wildman–Crippen LogP) is 6.22. The Hall–Kier alpha value is -3.62. The van der Waals surface area contributed by atoms with Gasteiger partial charge in [-0.05, 0) is 65.8 Å². The molecule has 0 spiro atoms. The molecule has 1 N–H and O–H groups in total. The minimum atomic E-state index is -0.200. The quantitative estimate of drug-likeness (QED) is 0.266. The number of nitrogens with one attached hydrogen (secondary N) is 1. The molecule has 2 heterocycles. The van der Waals surface area contributed by atoms with Crippen LogP contribution in [0.1, 0.15) is 54.5 Å². The number of carbonyl (C=O) groups is 2. The molecule has 0 unspecified atom stereocenters. The van der Waals surface area contributed by atoms with Crippen molar-refractivity contribution in [1.29, 1.82) is 0 Å². The van der Waals surface area contributed by atoms with Gasteiger partial charge in [0, 0.05) is 22.8 Å². The van der Waals surface area contributed by atoms with Gasteiger partial charge in [0.25, 0.3) is 5.91 Å². The first kappa shape index (κ1) is 27.9. The first-order valence-electron chi connectivity index (χ1n) is 13.3. The van der Waals surface area contributed by atoms with Crippen molar-refractivity contribution in [2.45, 2.75) is 50.7 Å². The average molecular weight is 574 g/mol. The number of hydrogen-bond donors (Lipinski definition) is 1. The van der Waals surface area contributed by atoms with E-state index in [4.69, 9.17) is 11.6 Å². The highest BCUT2D eigenvalue weighted by Gasteiger charge is 2.24. The molecule has 0 aliphatic carbocycles. The molecule has 2 amide bonds. The Morgan fingerprint density at radius 2 is 1.77 bits per heavy atom. The lowest BCUT2D eigenvalue weighted by Crippen LogP contribution is -2.36. The van der Waals surface area contributed by atoms with Crippen LogP contribution in [0.25, 0.3) is 5.69 Å². The fourth-order valence-corrected chi connectivity index (χ4v) is 5.79. The second-order valence-electron chi connectivity index (χ2n) is 10.8. The van der Waals surface area contributed by atoms with Gasteiger partial charge >= 0.3 is 0 Å². The summed E-state index contributed by atoms with van der Waals surface area (Å²) in [7, 11) is 0. The number of fused-ring (bicyclic) bond motifs is 1. The second kappa shape index (κ2) is 11.9. The Balaban J connectivity index is 1.33. The third-order valence-corrected chi connectivity index (χ3v) is 8.07. The van der Waals surface area contributed by atoms with E-state index in [1.165, 1.54) is 17.3 Å². The topological polar surface area (TPSA) is 80.1 Å². The summed E-state index contributed by atoms with van der Waals surface area (Å²) in [6.07, 6.45) is 1.92. The zero-order chi connectivity index (χ0) is 28.3. The van der Waals surface area contributed by atoms with Gasteiger partial charge in [-0.2, -0.15) is 0 Å². The van der Waals surface area contributed by atoms with Gasteiger partial charge in [-0.25, -0.2) is 0 Å². The Morgan fingerprint density at radius 1 is 1.00 bits per heavy atom. The van der Waals surface area contributed by atoms with E-state index in [9.17, 15) is 9.59 Å². The zero-order valence-electron chi connectivity index (χ0n) is 22.9. The van der Waals surface area contributed by atoms with Crippen LogP contribution in [0.2, 0.25) is 5.02 Å². The molecule has 1 aliphatic heterocycles. The number of amides is 2. The Bertz CT molecular complexity index is 1530. The van der Waals surface area contributed by atoms with Crippen molar-refractivity contribution in [3.05, 3.63) is 100 Å². The molecule has 1 aliphatic rings. The number of hydrogen-bond acceptors (Lipinski definition) is 5. The standard InChI is InChI=1S/C31H32ClN5O2S/c1-31(2,3)23-15-13-22(14-16-23)29(39)33-19-27-34-35-30(37(27)25-11-6-10-24(32)18-25)40-20-28(38)36-17-7-9-21-8-4-5-12-26(21)36/h4-6,8,10-16,18H,7,9,17,19-20H2,1-3H3,(H,33,39). The number of halogens is 1. The number of nitrogens with zero attached hydrogens (tertiary/aromatic N) is 4. The summed E-state index contributed by atoms with van der Waals surface area (Å²) in [4.78, 5) is 28.1. The number of thioether (sulfide) groups is 1. The maximum absolute atomic E-state index is 13.3. The van der Waals surface area contributed by atoms with Crippen LogP contribution in [0.5, 0.6) is 0 Å². The van der Waals surface area contributed by atoms with Crippen molar-refractivity contribution in [3.63, 3.8) is 0 Å². The first-order chi connectivity index (χ1) is 19.2. The van der Waals surface area contributed by atoms with E-state index in [1.807, 2.05) is 70.1 Å². The number of carbonyl (C=O) groups excluding carboxylic acids is 2. The summed E-state index contributed by atoms with van der Waals surface area (Å²) >= 11 is 7.63. The van der Waals surface area contributed by atoms with Crippen molar-refractivity contribution >= 4 is 40.9 Å². The molecule has 9 heteroatoms. The smallest absolute Gasteiger partial charge is 0.251 e. The molecule has 0 atom stereocenters. The molecule has 4 aromatic rings. The number of rotatable bonds is 7. The zero-order valence-corrected chi connectivity index (χ0v) is 24.4. The Kier molecular flexibility index (Phi) is 8.28. The van der Waals surface area contributed by atoms with Gasteiger partial charge < -0.3 is 10.2 Å². The highest BCUT2D eigenvalue weighted by Crippen LogP contribution is 2.29. The Morgan fingerprint density at radius 3 is 2.52 bits per heavy atom. The fraction of sp³-hybridized carbons (Fsp3) is 0.290. The summed E-state index contributed by atoms with van der Waals surface area (Å²) in [6.45, 7) is 7.27. The van der Waals surface area contributed by atoms with Gasteiger partial charge in [-0.1, -0.05) is 80.5 Å². The lowest BCUT2D eigenvalue weighted by atomic mass is 9.87. The molecular formula is C31H32ClN5O2S. The van der Waals surface area contributed by atoms with Crippen LogP contribution < -0.4 is 10.2 Å². The van der Waals surface area contributed by atoms with Crippen LogP contribution in [-0.2, 0) is 23.2 Å². The molecule has 5 rings (SSSR count). The number of benzene rings is 3. The first-order valence-corrected chi connectivity index (χ1v) is 14.7. The van der Waals surface area contributed by atoms with Crippen molar-refractivity contribution in [2.75, 3.05) is 17.2 Å². The minimum Gasteiger partial charge on any atom is -0.345 e. The lowest BCUT2D eigenvalue weighted by Gasteiger charge is -2.29. The molecule has 206 valence electrons. The normalized spacial score (nSPS) is 13.2.